The van der Waals surface area contributed by atoms with Crippen LogP contribution in [0.1, 0.15) is 17.8 Å². The number of halogens is 3. The maximum Gasteiger partial charge on any atom is 0.283 e. The summed E-state index contributed by atoms with van der Waals surface area (Å²) in [4.78, 5) is 12.3. The molecule has 2 aromatic rings. The molecule has 1 aliphatic heterocycles. The Kier molecular flexibility index (Phi) is 6.52. The highest BCUT2D eigenvalue weighted by Gasteiger charge is 2.26. The smallest absolute Gasteiger partial charge is 0.283 e. The predicted octanol–water partition coefficient (Wildman–Crippen LogP) is 2.44. The van der Waals surface area contributed by atoms with Gasteiger partial charge in [-0.25, -0.2) is 17.2 Å². The van der Waals surface area contributed by atoms with E-state index in [0.29, 0.717) is 18.9 Å². The molecule has 1 fully saturated rings. The van der Waals surface area contributed by atoms with Gasteiger partial charge in [0.1, 0.15) is 12.2 Å². The van der Waals surface area contributed by atoms with Crippen molar-refractivity contribution < 1.29 is 26.7 Å². The molecule has 8 nitrogen and oxygen atoms in total. The Hall–Kier alpha value is -2.08. The van der Waals surface area contributed by atoms with Crippen molar-refractivity contribution in [3.63, 3.8) is 0 Å². The summed E-state index contributed by atoms with van der Waals surface area (Å²) in [6.07, 6.45) is -2.84. The second kappa shape index (κ2) is 8.74. The fraction of sp³-hybridized carbons (Fsp3) is 0.412. The van der Waals surface area contributed by atoms with Crippen LogP contribution in [0.5, 0.6) is 0 Å². The number of nitrogens with zero attached hydrogens (tertiary/aromatic N) is 3. The minimum absolute atomic E-state index is 0.105. The number of alkyl halides is 2. The molecule has 0 spiro atoms. The SMILES string of the molecule is Cc1c(Cl)c(C(F)F)nn1CC(=O)Nc1ccc(S(=O)(=O)N2CCOCC2)cc1. The number of carbonyl (C=O) groups is 1. The Morgan fingerprint density at radius 2 is 1.90 bits per heavy atom. The zero-order valence-corrected chi connectivity index (χ0v) is 17.0. The highest BCUT2D eigenvalue weighted by molar-refractivity contribution is 7.89. The van der Waals surface area contributed by atoms with Crippen LogP contribution in [0.2, 0.25) is 5.02 Å². The molecule has 0 bridgehead atoms. The van der Waals surface area contributed by atoms with E-state index >= 15 is 0 Å². The maximum atomic E-state index is 12.9. The van der Waals surface area contributed by atoms with Crippen molar-refractivity contribution in [1.29, 1.82) is 0 Å². The van der Waals surface area contributed by atoms with Crippen molar-refractivity contribution in [2.24, 2.45) is 0 Å². The molecule has 0 aliphatic carbocycles. The minimum Gasteiger partial charge on any atom is -0.379 e. The zero-order valence-electron chi connectivity index (χ0n) is 15.4. The van der Waals surface area contributed by atoms with E-state index in [1.165, 1.54) is 35.5 Å². The van der Waals surface area contributed by atoms with Gasteiger partial charge in [0, 0.05) is 18.8 Å². The average Bonchev–Trinajstić information content (AvgIpc) is 2.97. The van der Waals surface area contributed by atoms with Gasteiger partial charge in [-0.15, -0.1) is 0 Å². The van der Waals surface area contributed by atoms with Gasteiger partial charge < -0.3 is 10.1 Å². The van der Waals surface area contributed by atoms with E-state index in [0.717, 1.165) is 4.68 Å². The predicted molar refractivity (Wildman–Crippen MR) is 102 cm³/mol. The number of sulfonamides is 1. The van der Waals surface area contributed by atoms with Crippen molar-refractivity contribution in [3.05, 3.63) is 40.7 Å². The van der Waals surface area contributed by atoms with Gasteiger partial charge in [-0.1, -0.05) is 11.6 Å². The molecule has 158 valence electrons. The number of anilines is 1. The molecular weight excluding hydrogens is 430 g/mol. The molecule has 1 aliphatic rings. The van der Waals surface area contributed by atoms with Crippen molar-refractivity contribution >= 4 is 33.2 Å². The fourth-order valence-corrected chi connectivity index (χ4v) is 4.45. The van der Waals surface area contributed by atoms with E-state index < -0.39 is 28.0 Å². The van der Waals surface area contributed by atoms with Crippen LogP contribution in [-0.2, 0) is 26.1 Å². The molecule has 1 amide bonds. The number of rotatable bonds is 6. The number of nitrogens with one attached hydrogen (secondary N) is 1. The summed E-state index contributed by atoms with van der Waals surface area (Å²) in [5.41, 5.74) is 0.0413. The normalized spacial score (nSPS) is 15.6. The van der Waals surface area contributed by atoms with Crippen LogP contribution in [0.25, 0.3) is 0 Å². The molecule has 0 radical (unpaired) electrons. The summed E-state index contributed by atoms with van der Waals surface area (Å²) in [5.74, 6) is -0.517. The second-order valence-corrected chi connectivity index (χ2v) is 8.65. The summed E-state index contributed by atoms with van der Waals surface area (Å²) in [5, 5.41) is 6.07. The lowest BCUT2D eigenvalue weighted by atomic mass is 10.3. The van der Waals surface area contributed by atoms with Crippen LogP contribution < -0.4 is 5.32 Å². The van der Waals surface area contributed by atoms with Crippen LogP contribution in [0, 0.1) is 6.92 Å². The number of aromatic nitrogens is 2. The first-order valence-corrected chi connectivity index (χ1v) is 10.5. The van der Waals surface area contributed by atoms with Crippen molar-refractivity contribution in [2.45, 2.75) is 24.8 Å². The number of morpholine rings is 1. The van der Waals surface area contributed by atoms with Crippen LogP contribution in [-0.4, -0.2) is 54.7 Å². The molecule has 1 N–H and O–H groups in total. The quantitative estimate of drug-likeness (QED) is 0.732. The van der Waals surface area contributed by atoms with Crippen molar-refractivity contribution in [1.82, 2.24) is 14.1 Å². The fourth-order valence-electron chi connectivity index (χ4n) is 2.82. The van der Waals surface area contributed by atoms with Crippen LogP contribution in [0.3, 0.4) is 0 Å². The van der Waals surface area contributed by atoms with Gasteiger partial charge >= 0.3 is 0 Å². The number of amides is 1. The lowest BCUT2D eigenvalue weighted by molar-refractivity contribution is -0.117. The van der Waals surface area contributed by atoms with Gasteiger partial charge in [-0.2, -0.15) is 9.40 Å². The molecule has 0 atom stereocenters. The molecule has 12 heteroatoms. The summed E-state index contributed by atoms with van der Waals surface area (Å²) in [6, 6.07) is 5.70. The van der Waals surface area contributed by atoms with Crippen LogP contribution >= 0.6 is 11.6 Å². The monoisotopic (exact) mass is 448 g/mol. The largest absolute Gasteiger partial charge is 0.379 e. The molecule has 1 saturated heterocycles. The molecule has 29 heavy (non-hydrogen) atoms. The van der Waals surface area contributed by atoms with E-state index in [-0.39, 0.29) is 35.2 Å². The number of hydrogen-bond donors (Lipinski definition) is 1. The summed E-state index contributed by atoms with van der Waals surface area (Å²) >= 11 is 5.81. The number of benzene rings is 1. The molecular formula is C17H19ClF2N4O4S. The van der Waals surface area contributed by atoms with Gasteiger partial charge in [-0.3, -0.25) is 9.48 Å². The molecule has 0 unspecified atom stereocenters. The molecule has 2 heterocycles. The Morgan fingerprint density at radius 3 is 2.45 bits per heavy atom. The molecule has 3 rings (SSSR count). The van der Waals surface area contributed by atoms with Gasteiger partial charge in [0.2, 0.25) is 15.9 Å². The second-order valence-electron chi connectivity index (χ2n) is 6.33. The maximum absolute atomic E-state index is 12.9. The number of ether oxygens (including phenoxy) is 1. The summed E-state index contributed by atoms with van der Waals surface area (Å²) < 4.78 is 58.5. The highest BCUT2D eigenvalue weighted by atomic mass is 35.5. The minimum atomic E-state index is -3.63. The van der Waals surface area contributed by atoms with E-state index in [4.69, 9.17) is 16.3 Å². The summed E-state index contributed by atoms with van der Waals surface area (Å²) in [7, 11) is -3.63. The van der Waals surface area contributed by atoms with Crippen molar-refractivity contribution in [2.75, 3.05) is 31.6 Å². The van der Waals surface area contributed by atoms with Gasteiger partial charge in [-0.05, 0) is 31.2 Å². The highest BCUT2D eigenvalue weighted by Crippen LogP contribution is 2.28. The Labute approximate surface area is 171 Å². The zero-order chi connectivity index (χ0) is 21.2. The third-order valence-electron chi connectivity index (χ3n) is 4.40. The molecule has 1 aromatic heterocycles. The first kappa shape index (κ1) is 21.6. The molecule has 0 saturated carbocycles. The molecule has 1 aromatic carbocycles. The number of hydrogen-bond acceptors (Lipinski definition) is 5. The third-order valence-corrected chi connectivity index (χ3v) is 6.78. The van der Waals surface area contributed by atoms with Crippen molar-refractivity contribution in [3.8, 4) is 0 Å². The topological polar surface area (TPSA) is 93.5 Å². The number of carbonyl (C=O) groups excluding carboxylic acids is 1. The third kappa shape index (κ3) is 4.74. The van der Waals surface area contributed by atoms with E-state index in [2.05, 4.69) is 10.4 Å². The lowest BCUT2D eigenvalue weighted by Gasteiger charge is -2.26. The van der Waals surface area contributed by atoms with Gasteiger partial charge in [0.05, 0.1) is 28.8 Å². The van der Waals surface area contributed by atoms with E-state index in [9.17, 15) is 22.0 Å². The van der Waals surface area contributed by atoms with Gasteiger partial charge in [0.15, 0.2) is 0 Å². The van der Waals surface area contributed by atoms with Crippen LogP contribution in [0.4, 0.5) is 14.5 Å². The standard InChI is InChI=1S/C17H19ClF2N4O4S/c1-11-15(18)16(17(19)20)22-24(11)10-14(25)21-12-2-4-13(5-3-12)29(26,27)23-6-8-28-9-7-23/h2-5,17H,6-10H2,1H3,(H,21,25). The Morgan fingerprint density at radius 1 is 1.28 bits per heavy atom. The first-order valence-electron chi connectivity index (χ1n) is 8.69. The average molecular weight is 449 g/mol. The summed E-state index contributed by atoms with van der Waals surface area (Å²) in [6.45, 7) is 2.43. The Bertz CT molecular complexity index is 990. The Balaban J connectivity index is 1.67. The first-order chi connectivity index (χ1) is 13.7. The lowest BCUT2D eigenvalue weighted by Crippen LogP contribution is -2.40. The van der Waals surface area contributed by atoms with E-state index in [1.807, 2.05) is 0 Å². The van der Waals surface area contributed by atoms with Crippen LogP contribution in [0.15, 0.2) is 29.2 Å². The van der Waals surface area contributed by atoms with E-state index in [1.54, 1.807) is 0 Å². The van der Waals surface area contributed by atoms with Gasteiger partial charge in [0.25, 0.3) is 6.43 Å².